The second kappa shape index (κ2) is 6.33. The van der Waals surface area contributed by atoms with Crippen molar-refractivity contribution in [2.45, 2.75) is 6.42 Å². The van der Waals surface area contributed by atoms with Crippen LogP contribution in [0.4, 0.5) is 0 Å². The lowest BCUT2D eigenvalue weighted by Crippen LogP contribution is -3.05. The van der Waals surface area contributed by atoms with Gasteiger partial charge < -0.3 is 5.32 Å². The molecular formula is C13H15ClN3O+. The molecule has 18 heavy (non-hydrogen) atoms. The third kappa shape index (κ3) is 3.68. The number of carbonyl (C=O) groups is 1. The molecule has 0 fully saturated rings. The molecule has 0 radical (unpaired) electrons. The van der Waals surface area contributed by atoms with Crippen molar-refractivity contribution in [3.05, 3.63) is 47.3 Å². The molecule has 1 amide bonds. The second-order valence-corrected chi connectivity index (χ2v) is 4.48. The van der Waals surface area contributed by atoms with Crippen molar-refractivity contribution < 1.29 is 9.69 Å². The highest BCUT2D eigenvalue weighted by Crippen LogP contribution is 2.10. The summed E-state index contributed by atoms with van der Waals surface area (Å²) in [5.41, 5.74) is 0.595. The number of halogens is 1. The van der Waals surface area contributed by atoms with E-state index in [4.69, 9.17) is 11.6 Å². The van der Waals surface area contributed by atoms with Crippen LogP contribution < -0.4 is 10.2 Å². The number of hydrogen-bond acceptors (Lipinski definition) is 2. The minimum Gasteiger partial charge on any atom is -0.352 e. The summed E-state index contributed by atoms with van der Waals surface area (Å²) in [6.07, 6.45) is 6.51. The van der Waals surface area contributed by atoms with Gasteiger partial charge in [-0.25, -0.2) is 4.99 Å². The van der Waals surface area contributed by atoms with Gasteiger partial charge in [0.2, 0.25) is 0 Å². The number of rotatable bonds is 5. The molecule has 2 rings (SSSR count). The zero-order valence-corrected chi connectivity index (χ0v) is 10.7. The molecule has 0 saturated heterocycles. The van der Waals surface area contributed by atoms with Gasteiger partial charge in [0, 0.05) is 23.6 Å². The molecule has 1 unspecified atom stereocenters. The molecule has 0 bridgehead atoms. The van der Waals surface area contributed by atoms with Crippen LogP contribution in [0.25, 0.3) is 0 Å². The van der Waals surface area contributed by atoms with Gasteiger partial charge >= 0.3 is 0 Å². The molecule has 0 spiro atoms. The number of benzene rings is 1. The third-order valence-electron chi connectivity index (χ3n) is 2.63. The van der Waals surface area contributed by atoms with E-state index in [0.717, 1.165) is 13.0 Å². The molecule has 1 aliphatic heterocycles. The van der Waals surface area contributed by atoms with Crippen molar-refractivity contribution in [3.8, 4) is 0 Å². The molecule has 4 nitrogen and oxygen atoms in total. The molecule has 2 N–H and O–H groups in total. The van der Waals surface area contributed by atoms with Gasteiger partial charge in [-0.05, 0) is 18.2 Å². The number of quaternary nitrogens is 1. The summed E-state index contributed by atoms with van der Waals surface area (Å²) in [4.78, 5) is 17.0. The Labute approximate surface area is 111 Å². The van der Waals surface area contributed by atoms with Gasteiger partial charge in [0.1, 0.15) is 6.20 Å². The number of amides is 1. The van der Waals surface area contributed by atoms with E-state index >= 15 is 0 Å². The summed E-state index contributed by atoms with van der Waals surface area (Å²) in [6, 6.07) is 6.94. The first-order valence-corrected chi connectivity index (χ1v) is 6.23. The fraction of sp³-hybridized carbons (Fsp3) is 0.231. The van der Waals surface area contributed by atoms with Crippen molar-refractivity contribution in [2.24, 2.45) is 4.99 Å². The minimum absolute atomic E-state index is 0.0851. The fourth-order valence-electron chi connectivity index (χ4n) is 1.69. The van der Waals surface area contributed by atoms with Crippen LogP contribution in [0.3, 0.4) is 0 Å². The Bertz CT molecular complexity index is 473. The summed E-state index contributed by atoms with van der Waals surface area (Å²) in [6.45, 7) is 1.58. The van der Waals surface area contributed by atoms with Gasteiger partial charge in [-0.3, -0.25) is 9.69 Å². The van der Waals surface area contributed by atoms with Gasteiger partial charge in [-0.1, -0.05) is 17.7 Å². The molecule has 1 aromatic carbocycles. The molecule has 0 saturated carbocycles. The second-order valence-electron chi connectivity index (χ2n) is 4.04. The van der Waals surface area contributed by atoms with E-state index in [1.807, 2.05) is 12.5 Å². The highest BCUT2D eigenvalue weighted by Gasteiger charge is 2.07. The number of hydrogen-bond donors (Lipinski definition) is 2. The number of nitrogens with zero attached hydrogens (tertiary/aromatic N) is 1. The van der Waals surface area contributed by atoms with E-state index in [0.29, 0.717) is 17.1 Å². The summed E-state index contributed by atoms with van der Waals surface area (Å²) in [5.74, 6) is -0.0851. The maximum absolute atomic E-state index is 11.8. The van der Waals surface area contributed by atoms with Crippen molar-refractivity contribution in [1.29, 1.82) is 0 Å². The maximum atomic E-state index is 11.8. The number of aliphatic imine (C=N–C) groups is 1. The molecule has 1 aromatic rings. The first kappa shape index (κ1) is 12.8. The molecular weight excluding hydrogens is 250 g/mol. The van der Waals surface area contributed by atoms with Crippen LogP contribution in [0.15, 0.2) is 41.7 Å². The Morgan fingerprint density at radius 1 is 1.44 bits per heavy atom. The third-order valence-corrected chi connectivity index (χ3v) is 2.86. The van der Waals surface area contributed by atoms with E-state index < -0.39 is 0 Å². The Morgan fingerprint density at radius 3 is 3.06 bits per heavy atom. The summed E-state index contributed by atoms with van der Waals surface area (Å²) >= 11 is 5.83. The van der Waals surface area contributed by atoms with E-state index in [1.165, 1.54) is 4.90 Å². The minimum atomic E-state index is -0.0851. The molecule has 94 valence electrons. The molecule has 1 atom stereocenters. The van der Waals surface area contributed by atoms with Crippen molar-refractivity contribution >= 4 is 23.8 Å². The lowest BCUT2D eigenvalue weighted by Gasteiger charge is -2.07. The van der Waals surface area contributed by atoms with Crippen LogP contribution >= 0.6 is 11.6 Å². The zero-order chi connectivity index (χ0) is 12.8. The standard InChI is InChI=1S/C13H14ClN3O/c14-12-4-1-3-11(9-12)13(18)16-5-2-7-17-8-6-15-10-17/h1,3-4,6,8-10H,2,5,7H2,(H,16,18)/p+1. The van der Waals surface area contributed by atoms with E-state index in [2.05, 4.69) is 10.3 Å². The van der Waals surface area contributed by atoms with Crippen LogP contribution in [0.1, 0.15) is 16.8 Å². The topological polar surface area (TPSA) is 45.9 Å². The van der Waals surface area contributed by atoms with Crippen molar-refractivity contribution in [3.63, 3.8) is 0 Å². The first-order valence-electron chi connectivity index (χ1n) is 5.85. The average molecular weight is 265 g/mol. The van der Waals surface area contributed by atoms with E-state index in [-0.39, 0.29) is 5.91 Å². The average Bonchev–Trinajstić information content (AvgIpc) is 2.87. The van der Waals surface area contributed by atoms with Crippen LogP contribution in [0, 0.1) is 0 Å². The van der Waals surface area contributed by atoms with Crippen LogP contribution in [-0.4, -0.2) is 25.3 Å². The van der Waals surface area contributed by atoms with E-state index in [1.54, 1.807) is 30.5 Å². The summed E-state index contributed by atoms with van der Waals surface area (Å²) in [5, 5.41) is 3.45. The Kier molecular flexibility index (Phi) is 4.50. The molecule has 5 heteroatoms. The SMILES string of the molecule is O=C(NCCC[NH+]1C=CN=C1)c1cccc(Cl)c1. The Hall–Kier alpha value is -1.65. The predicted molar refractivity (Wildman–Crippen MR) is 71.9 cm³/mol. The normalized spacial score (nSPS) is 17.1. The van der Waals surface area contributed by atoms with Crippen LogP contribution in [-0.2, 0) is 0 Å². The molecule has 0 aromatic heterocycles. The lowest BCUT2D eigenvalue weighted by molar-refractivity contribution is -0.736. The highest BCUT2D eigenvalue weighted by atomic mass is 35.5. The van der Waals surface area contributed by atoms with Gasteiger partial charge in [-0.15, -0.1) is 0 Å². The smallest absolute Gasteiger partial charge is 0.251 e. The fourth-order valence-corrected chi connectivity index (χ4v) is 1.88. The monoisotopic (exact) mass is 264 g/mol. The lowest BCUT2D eigenvalue weighted by atomic mass is 10.2. The molecule has 0 aliphatic carbocycles. The quantitative estimate of drug-likeness (QED) is 0.762. The first-order chi connectivity index (χ1) is 8.75. The Balaban J connectivity index is 1.71. The van der Waals surface area contributed by atoms with Gasteiger partial charge in [-0.2, -0.15) is 0 Å². The van der Waals surface area contributed by atoms with Crippen LogP contribution in [0.5, 0.6) is 0 Å². The largest absolute Gasteiger partial charge is 0.352 e. The molecule has 1 heterocycles. The van der Waals surface area contributed by atoms with Crippen molar-refractivity contribution in [1.82, 2.24) is 5.32 Å². The van der Waals surface area contributed by atoms with Gasteiger partial charge in [0.05, 0.1) is 12.7 Å². The predicted octanol–water partition coefficient (Wildman–Crippen LogP) is 0.858. The summed E-state index contributed by atoms with van der Waals surface area (Å²) in [7, 11) is 0. The van der Waals surface area contributed by atoms with Gasteiger partial charge in [0.15, 0.2) is 6.34 Å². The highest BCUT2D eigenvalue weighted by molar-refractivity contribution is 6.30. The van der Waals surface area contributed by atoms with E-state index in [9.17, 15) is 4.79 Å². The van der Waals surface area contributed by atoms with Crippen LogP contribution in [0.2, 0.25) is 5.02 Å². The summed E-state index contributed by atoms with van der Waals surface area (Å²) < 4.78 is 0. The molecule has 1 aliphatic rings. The van der Waals surface area contributed by atoms with Gasteiger partial charge in [0.25, 0.3) is 5.91 Å². The maximum Gasteiger partial charge on any atom is 0.251 e. The zero-order valence-electron chi connectivity index (χ0n) is 9.90. The number of nitrogens with one attached hydrogen (secondary N) is 2. The Morgan fingerprint density at radius 2 is 2.33 bits per heavy atom. The number of carbonyl (C=O) groups excluding carboxylic acids is 1. The van der Waals surface area contributed by atoms with Crippen molar-refractivity contribution in [2.75, 3.05) is 13.1 Å².